The first kappa shape index (κ1) is 29.4. The molecule has 3 aliphatic rings. The number of unbranched alkanes of at least 4 members (excludes halogenated alkanes) is 3. The van der Waals surface area contributed by atoms with Gasteiger partial charge in [0, 0.05) is 31.0 Å². The van der Waals surface area contributed by atoms with Crippen LogP contribution in [-0.2, 0) is 25.7 Å². The second kappa shape index (κ2) is 12.7. The first-order valence-electron chi connectivity index (χ1n) is 14.2. The van der Waals surface area contributed by atoms with E-state index in [0.29, 0.717) is 45.5 Å². The number of likely N-dealkylation sites (tertiary alicyclic amines) is 1. The Morgan fingerprint density at radius 2 is 1.92 bits per heavy atom. The van der Waals surface area contributed by atoms with Gasteiger partial charge in [-0.3, -0.25) is 14.4 Å². The second-order valence-electron chi connectivity index (χ2n) is 11.1. The third kappa shape index (κ3) is 5.68. The van der Waals surface area contributed by atoms with Crippen LogP contribution in [0.25, 0.3) is 0 Å². The molecule has 8 heteroatoms. The van der Waals surface area contributed by atoms with Gasteiger partial charge >= 0.3 is 5.97 Å². The molecule has 0 aromatic heterocycles. The number of aliphatic hydroxyl groups excluding tert-OH is 1. The van der Waals surface area contributed by atoms with E-state index in [-0.39, 0.29) is 24.4 Å². The highest BCUT2D eigenvalue weighted by molar-refractivity contribution is 8.02. The molecule has 3 fully saturated rings. The topological polar surface area (TPSA) is 87.1 Å². The maximum absolute atomic E-state index is 14.4. The molecule has 1 spiro atoms. The minimum atomic E-state index is -0.676. The number of hydrogen-bond acceptors (Lipinski definition) is 6. The van der Waals surface area contributed by atoms with Gasteiger partial charge in [-0.2, -0.15) is 0 Å². The van der Waals surface area contributed by atoms with E-state index in [0.717, 1.165) is 31.2 Å². The van der Waals surface area contributed by atoms with Gasteiger partial charge < -0.3 is 19.6 Å². The normalized spacial score (nSPS) is 28.8. The third-order valence-corrected chi connectivity index (χ3v) is 10.5. The summed E-state index contributed by atoms with van der Waals surface area (Å²) in [6.07, 6.45) is 8.69. The third-order valence-electron chi connectivity index (χ3n) is 8.50. The number of nitrogens with zero attached hydrogens (tertiary/aromatic N) is 2. The number of ether oxygens (including phenoxy) is 1. The number of benzene rings is 1. The van der Waals surface area contributed by atoms with Crippen molar-refractivity contribution in [2.24, 2.45) is 11.8 Å². The van der Waals surface area contributed by atoms with E-state index in [2.05, 4.69) is 20.1 Å². The van der Waals surface area contributed by atoms with Gasteiger partial charge in [0.15, 0.2) is 0 Å². The lowest BCUT2D eigenvalue weighted by atomic mass is 9.66. The Hall–Kier alpha value is -2.58. The van der Waals surface area contributed by atoms with E-state index in [1.54, 1.807) is 27.6 Å². The predicted octanol–water partition coefficient (Wildman–Crippen LogP) is 4.35. The Morgan fingerprint density at radius 3 is 2.62 bits per heavy atom. The van der Waals surface area contributed by atoms with Gasteiger partial charge in [-0.05, 0) is 57.4 Å². The highest BCUT2D eigenvalue weighted by Gasteiger charge is 2.77. The maximum Gasteiger partial charge on any atom is 0.311 e. The lowest BCUT2D eigenvalue weighted by Crippen LogP contribution is -2.54. The molecular formula is C31H42N2O5S. The molecule has 3 aliphatic heterocycles. The number of carbonyl (C=O) groups is 3. The molecule has 2 bridgehead atoms. The Kier molecular flexibility index (Phi) is 9.60. The van der Waals surface area contributed by atoms with E-state index in [9.17, 15) is 19.5 Å². The van der Waals surface area contributed by atoms with Crippen LogP contribution in [0.4, 0.5) is 0 Å². The van der Waals surface area contributed by atoms with Crippen molar-refractivity contribution in [1.82, 2.24) is 9.80 Å². The van der Waals surface area contributed by atoms with Crippen LogP contribution in [0, 0.1) is 11.8 Å². The summed E-state index contributed by atoms with van der Waals surface area (Å²) in [4.78, 5) is 45.5. The van der Waals surface area contributed by atoms with Crippen LogP contribution in [0.1, 0.15) is 57.4 Å². The van der Waals surface area contributed by atoms with Crippen LogP contribution in [0.2, 0.25) is 0 Å². The molecule has 2 unspecified atom stereocenters. The lowest BCUT2D eigenvalue weighted by molar-refractivity contribution is -0.155. The zero-order valence-electron chi connectivity index (χ0n) is 23.1. The summed E-state index contributed by atoms with van der Waals surface area (Å²) in [6.45, 7) is 11.2. The van der Waals surface area contributed by atoms with Crippen molar-refractivity contribution in [1.29, 1.82) is 0 Å². The number of allylic oxidation sites excluding steroid dienone is 1. The minimum absolute atomic E-state index is 0.0272. The summed E-state index contributed by atoms with van der Waals surface area (Å²) in [5.74, 6) is -1.72. The van der Waals surface area contributed by atoms with Gasteiger partial charge in [-0.1, -0.05) is 42.5 Å². The maximum atomic E-state index is 14.4. The Balaban J connectivity index is 1.64. The number of thioether (sulfide) groups is 1. The quantitative estimate of drug-likeness (QED) is 0.197. The van der Waals surface area contributed by atoms with Crippen LogP contribution in [0.15, 0.2) is 55.6 Å². The largest absolute Gasteiger partial charge is 0.465 e. The number of esters is 1. The summed E-state index contributed by atoms with van der Waals surface area (Å²) < 4.78 is 4.62. The summed E-state index contributed by atoms with van der Waals surface area (Å²) in [6, 6.07) is 9.14. The van der Waals surface area contributed by atoms with E-state index in [1.165, 1.54) is 0 Å². The van der Waals surface area contributed by atoms with E-state index >= 15 is 0 Å². The average Bonchev–Trinajstić information content (AvgIpc) is 3.49. The number of hydrogen-bond donors (Lipinski definition) is 1. The van der Waals surface area contributed by atoms with Gasteiger partial charge in [-0.25, -0.2) is 0 Å². The Bertz CT molecular complexity index is 1060. The average molecular weight is 555 g/mol. The highest BCUT2D eigenvalue weighted by Crippen LogP contribution is 2.71. The van der Waals surface area contributed by atoms with Crippen LogP contribution < -0.4 is 0 Å². The molecule has 0 saturated carbocycles. The molecule has 212 valence electrons. The van der Waals surface area contributed by atoms with Crippen molar-refractivity contribution in [2.75, 3.05) is 26.3 Å². The summed E-state index contributed by atoms with van der Waals surface area (Å²) in [5, 5.41) is 9.39. The minimum Gasteiger partial charge on any atom is -0.465 e. The van der Waals surface area contributed by atoms with Gasteiger partial charge in [0.25, 0.3) is 0 Å². The molecule has 1 aromatic rings. The summed E-state index contributed by atoms with van der Waals surface area (Å²) in [7, 11) is 0. The first-order valence-corrected chi connectivity index (χ1v) is 15.0. The zero-order chi connectivity index (χ0) is 28.0. The molecular weight excluding hydrogens is 512 g/mol. The molecule has 5 atom stereocenters. The Labute approximate surface area is 236 Å². The van der Waals surface area contributed by atoms with E-state index < -0.39 is 27.4 Å². The fourth-order valence-corrected chi connectivity index (χ4v) is 9.05. The number of rotatable bonds is 15. The van der Waals surface area contributed by atoms with Crippen LogP contribution in [-0.4, -0.2) is 74.5 Å². The van der Waals surface area contributed by atoms with Crippen molar-refractivity contribution in [2.45, 2.75) is 74.0 Å². The summed E-state index contributed by atoms with van der Waals surface area (Å²) >= 11 is 1.66. The zero-order valence-corrected chi connectivity index (χ0v) is 23.9. The smallest absolute Gasteiger partial charge is 0.311 e. The fourth-order valence-electron chi connectivity index (χ4n) is 6.72. The number of carbonyl (C=O) groups excluding carboxylic acids is 3. The number of fused-ring (bicyclic) bond motifs is 1. The van der Waals surface area contributed by atoms with E-state index in [1.807, 2.05) is 36.4 Å². The predicted molar refractivity (Wildman–Crippen MR) is 154 cm³/mol. The highest BCUT2D eigenvalue weighted by atomic mass is 32.2. The Morgan fingerprint density at radius 1 is 1.15 bits per heavy atom. The van der Waals surface area contributed by atoms with Crippen molar-refractivity contribution < 1.29 is 24.2 Å². The molecule has 7 nitrogen and oxygen atoms in total. The van der Waals surface area contributed by atoms with Crippen molar-refractivity contribution in [3.63, 3.8) is 0 Å². The van der Waals surface area contributed by atoms with Crippen molar-refractivity contribution in [3.05, 3.63) is 61.2 Å². The fraction of sp³-hybridized carbons (Fsp3) is 0.581. The summed E-state index contributed by atoms with van der Waals surface area (Å²) in [5.41, 5.74) is 1.01. The number of aliphatic hydroxyl groups is 1. The first-order chi connectivity index (χ1) is 18.8. The molecule has 39 heavy (non-hydrogen) atoms. The number of amides is 2. The molecule has 1 N–H and O–H groups in total. The van der Waals surface area contributed by atoms with Crippen molar-refractivity contribution >= 4 is 29.5 Å². The molecule has 3 saturated heterocycles. The second-order valence-corrected chi connectivity index (χ2v) is 13.0. The van der Waals surface area contributed by atoms with Crippen LogP contribution in [0.5, 0.6) is 0 Å². The van der Waals surface area contributed by atoms with E-state index in [4.69, 9.17) is 4.74 Å². The van der Waals surface area contributed by atoms with Crippen LogP contribution in [0.3, 0.4) is 0 Å². The van der Waals surface area contributed by atoms with Crippen molar-refractivity contribution in [3.8, 4) is 0 Å². The monoisotopic (exact) mass is 554 g/mol. The van der Waals surface area contributed by atoms with Gasteiger partial charge in [-0.15, -0.1) is 24.9 Å². The standard InChI is InChI=1S/C31H42N2O5S/c1-4-6-7-13-21-38-29(37)25-24-27(35)33(19-11-12-20-34)26(31(24)17-16-30(25,3)39-31)28(36)32(18-5-2)22-23-14-9-8-10-15-23/h4-5,8-10,14-15,24-26,34H,1-2,6-7,11-13,16-22H2,3H3/t24-,25-,26?,30+,31?/m0/s1. The SMILES string of the molecule is C=CCCCCOC(=O)[C@@H]1[C@H]2C(=O)N(CCCCO)C(C(=O)N(CC=C)Cc3ccccc3)C23CC[C@@]1(C)S3. The van der Waals surface area contributed by atoms with Gasteiger partial charge in [0.05, 0.1) is 23.2 Å². The van der Waals surface area contributed by atoms with Gasteiger partial charge in [0.2, 0.25) is 11.8 Å². The lowest BCUT2D eigenvalue weighted by Gasteiger charge is -2.37. The molecule has 4 rings (SSSR count). The molecule has 0 aliphatic carbocycles. The molecule has 0 radical (unpaired) electrons. The van der Waals surface area contributed by atoms with Gasteiger partial charge in [0.1, 0.15) is 6.04 Å². The molecule has 1 aromatic carbocycles. The van der Waals surface area contributed by atoms with Crippen LogP contribution >= 0.6 is 11.8 Å². The molecule has 3 heterocycles. The molecule has 2 amide bonds.